The van der Waals surface area contributed by atoms with Crippen LogP contribution in [0.15, 0.2) is 255 Å². The highest BCUT2D eigenvalue weighted by Gasteiger charge is 2.40. The molecule has 1 atom stereocenters. The Labute approximate surface area is 583 Å². The van der Waals surface area contributed by atoms with E-state index in [0.717, 1.165) is 11.1 Å². The van der Waals surface area contributed by atoms with Crippen molar-refractivity contribution in [1.82, 2.24) is 0 Å². The third-order valence-corrected chi connectivity index (χ3v) is 17.0. The van der Waals surface area contributed by atoms with E-state index in [0.29, 0.717) is 51.8 Å². The number of halogens is 10. The standard InChI is InChI=1S/C18H17F2N.C17H15F2N.C17H13F2N.2C17H11F2N/c1-13(2)11-18(12-21,14-3-7-16(19)8-4-14)15-5-9-17(20)10-6-15;1-12(2)17(11-20,13-3-7-15(18)8-4-13)14-5-9-16(19)10-6-14;2*1-2-11-17(12-20,13-3-7-15(18)8-4-13)14-5-9-16(19)10-6-14;1-2-11-17(12-20,13-7-9-14(18)10-8-13)15-5-3-4-6-16(15)19/h3-10,13H,11H2,1-2H3;3-10,12H,1-2H3;2-10H,1,11H2;2*1,3-10H,11H2. The third-order valence-electron chi connectivity index (χ3n) is 17.0. The van der Waals surface area contributed by atoms with E-state index in [1.807, 2.05) is 27.7 Å². The van der Waals surface area contributed by atoms with Gasteiger partial charge < -0.3 is 0 Å². The number of hydrogen-bond acceptors (Lipinski definition) is 5. The lowest BCUT2D eigenvalue weighted by Crippen LogP contribution is -2.32. The van der Waals surface area contributed by atoms with Crippen LogP contribution in [0.25, 0.3) is 0 Å². The second-order valence-corrected chi connectivity index (χ2v) is 24.0. The fourth-order valence-electron chi connectivity index (χ4n) is 11.8. The van der Waals surface area contributed by atoms with Crippen LogP contribution in [0, 0.1) is 151 Å². The number of hydrogen-bond donors (Lipinski definition) is 0. The van der Waals surface area contributed by atoms with Gasteiger partial charge in [0.25, 0.3) is 0 Å². The zero-order valence-corrected chi connectivity index (χ0v) is 55.5. The molecule has 0 radical (unpaired) electrons. The summed E-state index contributed by atoms with van der Waals surface area (Å²) in [5.74, 6) is 1.32. The second kappa shape index (κ2) is 35.9. The highest BCUT2D eigenvalue weighted by atomic mass is 19.2. The molecule has 0 saturated carbocycles. The van der Waals surface area contributed by atoms with Crippen LogP contribution in [-0.4, -0.2) is 0 Å². The van der Waals surface area contributed by atoms with Gasteiger partial charge in [0.1, 0.15) is 85.2 Å². The van der Waals surface area contributed by atoms with Gasteiger partial charge in [0.05, 0.1) is 30.3 Å². The Morgan fingerprint density at radius 2 is 0.564 bits per heavy atom. The molecule has 15 heteroatoms. The van der Waals surface area contributed by atoms with Crippen molar-refractivity contribution in [3.8, 4) is 55.0 Å². The summed E-state index contributed by atoms with van der Waals surface area (Å²) in [4.78, 5) is 0. The Morgan fingerprint density at radius 3 is 0.792 bits per heavy atom. The summed E-state index contributed by atoms with van der Waals surface area (Å²) in [6.07, 6.45) is 13.4. The lowest BCUT2D eigenvalue weighted by Gasteiger charge is -2.32. The van der Waals surface area contributed by atoms with Gasteiger partial charge in [0, 0.05) is 18.4 Å². The molecule has 1 unspecified atom stereocenters. The molecule has 0 saturated heterocycles. The van der Waals surface area contributed by atoms with Crippen LogP contribution >= 0.6 is 0 Å². The van der Waals surface area contributed by atoms with Gasteiger partial charge in [-0.1, -0.05) is 161 Å². The minimum absolute atomic E-state index is 0.00999. The maximum Gasteiger partial charge on any atom is 0.128 e. The fourth-order valence-corrected chi connectivity index (χ4v) is 11.8. The molecule has 0 aromatic heterocycles. The molecule has 5 nitrogen and oxygen atoms in total. The van der Waals surface area contributed by atoms with Crippen molar-refractivity contribution in [2.45, 2.75) is 80.5 Å². The van der Waals surface area contributed by atoms with Gasteiger partial charge in [-0.25, -0.2) is 43.9 Å². The maximum atomic E-state index is 14.1. The van der Waals surface area contributed by atoms with E-state index in [9.17, 15) is 70.2 Å². The first kappa shape index (κ1) is 77.8. The van der Waals surface area contributed by atoms with Gasteiger partial charge in [0.2, 0.25) is 0 Å². The Bertz CT molecular complexity index is 4480. The highest BCUT2D eigenvalue weighted by Crippen LogP contribution is 2.42. The minimum Gasteiger partial charge on any atom is -0.207 e. The molecule has 0 heterocycles. The topological polar surface area (TPSA) is 119 Å². The molecule has 101 heavy (non-hydrogen) atoms. The highest BCUT2D eigenvalue weighted by molar-refractivity contribution is 5.52. The van der Waals surface area contributed by atoms with E-state index in [1.54, 1.807) is 91.0 Å². The summed E-state index contributed by atoms with van der Waals surface area (Å²) in [5.41, 5.74) is 0.850. The average molecular weight is 1360 g/mol. The van der Waals surface area contributed by atoms with Crippen LogP contribution < -0.4 is 0 Å². The molecule has 0 aliphatic heterocycles. The molecule has 0 spiro atoms. The average Bonchev–Trinajstić information content (AvgIpc) is 0.805. The normalized spacial score (nSPS) is 11.5. The zero-order chi connectivity index (χ0) is 74.0. The first-order valence-electron chi connectivity index (χ1n) is 31.5. The number of rotatable bonds is 17. The van der Waals surface area contributed by atoms with Gasteiger partial charge in [-0.05, 0) is 190 Å². The van der Waals surface area contributed by atoms with Crippen LogP contribution in [-0.2, 0) is 27.1 Å². The zero-order valence-electron chi connectivity index (χ0n) is 55.5. The lowest BCUT2D eigenvalue weighted by atomic mass is 9.68. The van der Waals surface area contributed by atoms with E-state index >= 15 is 0 Å². The first-order chi connectivity index (χ1) is 48.4. The second-order valence-electron chi connectivity index (χ2n) is 24.0. The number of nitriles is 5. The van der Waals surface area contributed by atoms with Crippen molar-refractivity contribution < 1.29 is 43.9 Å². The number of benzene rings is 10. The van der Waals surface area contributed by atoms with Crippen molar-refractivity contribution in [2.75, 3.05) is 0 Å². The summed E-state index contributed by atoms with van der Waals surface area (Å²) in [6.45, 7) is 11.6. The van der Waals surface area contributed by atoms with E-state index in [1.165, 1.54) is 158 Å². The Hall–Kier alpha value is -12.2. The van der Waals surface area contributed by atoms with Gasteiger partial charge >= 0.3 is 0 Å². The van der Waals surface area contributed by atoms with Crippen LogP contribution in [0.5, 0.6) is 0 Å². The van der Waals surface area contributed by atoms with E-state index in [2.05, 4.69) is 48.8 Å². The van der Waals surface area contributed by atoms with Gasteiger partial charge in [-0.3, -0.25) is 0 Å². The molecular weight excluding hydrogens is 1290 g/mol. The quantitative estimate of drug-likeness (QED) is 0.0511. The molecule has 0 bridgehead atoms. The van der Waals surface area contributed by atoms with Crippen molar-refractivity contribution in [3.63, 3.8) is 0 Å². The Morgan fingerprint density at radius 1 is 0.327 bits per heavy atom. The lowest BCUT2D eigenvalue weighted by molar-refractivity contribution is 0.461. The number of nitrogens with zero attached hydrogens (tertiary/aromatic N) is 5. The molecule has 0 aliphatic rings. The van der Waals surface area contributed by atoms with E-state index in [4.69, 9.17) is 12.8 Å². The predicted octanol–water partition coefficient (Wildman–Crippen LogP) is 21.2. The van der Waals surface area contributed by atoms with Crippen LogP contribution in [0.4, 0.5) is 43.9 Å². The molecule has 10 rings (SSSR count). The fraction of sp³-hybridized carbons (Fsp3) is 0.174. The summed E-state index contributed by atoms with van der Waals surface area (Å²) in [7, 11) is 0. The van der Waals surface area contributed by atoms with E-state index < -0.39 is 38.7 Å². The van der Waals surface area contributed by atoms with Gasteiger partial charge in [-0.2, -0.15) is 26.3 Å². The molecule has 506 valence electrons. The van der Waals surface area contributed by atoms with Gasteiger partial charge in [-0.15, -0.1) is 31.3 Å². The molecule has 0 N–H and O–H groups in total. The first-order valence-corrected chi connectivity index (χ1v) is 31.5. The SMILES string of the molecule is C#CCC(C#N)(c1ccc(F)cc1)c1ccc(F)cc1.C#CCC(C#N)(c1ccc(F)cc1)c1ccccc1F.C=CCC(C#N)(c1ccc(F)cc1)c1ccc(F)cc1.CC(C)C(C#N)(c1ccc(F)cc1)c1ccc(F)cc1.CC(C)CC(C#N)(c1ccc(F)cc1)c1ccc(F)cc1. The monoisotopic (exact) mass is 1360 g/mol. The summed E-state index contributed by atoms with van der Waals surface area (Å²) in [6, 6.07) is 69.2. The van der Waals surface area contributed by atoms with Crippen molar-refractivity contribution >= 4 is 0 Å². The van der Waals surface area contributed by atoms with Crippen LogP contribution in [0.1, 0.15) is 109 Å². The molecule has 10 aromatic carbocycles. The number of allylic oxidation sites excluding steroid dienone is 1. The molecular formula is C86H67F10N5. The summed E-state index contributed by atoms with van der Waals surface area (Å²) >= 11 is 0. The van der Waals surface area contributed by atoms with Crippen LogP contribution in [0.3, 0.4) is 0 Å². The Balaban J connectivity index is 0.000000199. The smallest absolute Gasteiger partial charge is 0.128 e. The van der Waals surface area contributed by atoms with Crippen molar-refractivity contribution in [1.29, 1.82) is 26.3 Å². The van der Waals surface area contributed by atoms with Crippen LogP contribution in [0.2, 0.25) is 0 Å². The molecule has 0 aliphatic carbocycles. The number of terminal acetylenes is 2. The third kappa shape index (κ3) is 18.5. The Kier molecular flexibility index (Phi) is 27.6. The molecule has 10 aromatic rings. The largest absolute Gasteiger partial charge is 0.207 e. The maximum absolute atomic E-state index is 14.1. The van der Waals surface area contributed by atoms with Gasteiger partial charge in [0.15, 0.2) is 0 Å². The molecule has 0 amide bonds. The minimum atomic E-state index is -1.31. The molecule has 0 fully saturated rings. The van der Waals surface area contributed by atoms with Crippen molar-refractivity contribution in [3.05, 3.63) is 369 Å². The predicted molar refractivity (Wildman–Crippen MR) is 372 cm³/mol. The summed E-state index contributed by atoms with van der Waals surface area (Å²) < 4.78 is 132. The van der Waals surface area contributed by atoms with E-state index in [-0.39, 0.29) is 76.8 Å². The summed E-state index contributed by atoms with van der Waals surface area (Å²) in [5, 5.41) is 48.5. The van der Waals surface area contributed by atoms with Crippen molar-refractivity contribution in [2.24, 2.45) is 11.8 Å².